The highest BCUT2D eigenvalue weighted by Gasteiger charge is 2.18. The summed E-state index contributed by atoms with van der Waals surface area (Å²) in [4.78, 5) is 13.4. The molecule has 1 heterocycles. The monoisotopic (exact) mass is 322 g/mol. The van der Waals surface area contributed by atoms with Crippen LogP contribution in [0.5, 0.6) is 0 Å². The first-order valence-electron chi connectivity index (χ1n) is 5.79. The molecule has 0 fully saturated rings. The Hall–Kier alpha value is -0.930. The first-order chi connectivity index (χ1) is 8.41. The fourth-order valence-electron chi connectivity index (χ4n) is 2.12. The minimum Gasteiger partial charge on any atom is -0.288 e. The molecule has 0 aliphatic carbocycles. The van der Waals surface area contributed by atoms with E-state index in [-0.39, 0.29) is 5.78 Å². The van der Waals surface area contributed by atoms with Crippen LogP contribution in [0.1, 0.15) is 37.5 Å². The molecule has 94 valence electrons. The Morgan fingerprint density at radius 2 is 1.61 bits per heavy atom. The molecule has 0 spiro atoms. The third kappa shape index (κ3) is 2.29. The van der Waals surface area contributed by atoms with Gasteiger partial charge in [-0.3, -0.25) is 4.79 Å². The average Bonchev–Trinajstić information content (AvgIpc) is 2.73. The number of carbonyl (C=O) groups excluding carboxylic acids is 1. The highest BCUT2D eigenvalue weighted by Crippen LogP contribution is 2.29. The van der Waals surface area contributed by atoms with Gasteiger partial charge in [-0.25, -0.2) is 0 Å². The number of rotatable bonds is 2. The van der Waals surface area contributed by atoms with Crippen LogP contribution in [0.3, 0.4) is 0 Å². The summed E-state index contributed by atoms with van der Waals surface area (Å²) < 4.78 is 0.991. The van der Waals surface area contributed by atoms with Gasteiger partial charge in [-0.05, 0) is 78.0 Å². The maximum absolute atomic E-state index is 12.6. The number of hydrogen-bond donors (Lipinski definition) is 0. The lowest BCUT2D eigenvalue weighted by atomic mass is 9.91. The van der Waals surface area contributed by atoms with Crippen LogP contribution in [-0.2, 0) is 0 Å². The molecule has 0 atom stereocenters. The van der Waals surface area contributed by atoms with Crippen LogP contribution in [0.2, 0.25) is 0 Å². The molecule has 0 N–H and O–H groups in total. The molecule has 1 nitrogen and oxygen atoms in total. The standard InChI is InChI=1S/C15H15BrOS/c1-8-7-9(2)11(4)14(10(8)3)15(17)12-5-6-13(16)18-12/h5-7H,1-4H3. The van der Waals surface area contributed by atoms with Crippen LogP contribution in [0.4, 0.5) is 0 Å². The van der Waals surface area contributed by atoms with Gasteiger partial charge in [0.2, 0.25) is 5.78 Å². The van der Waals surface area contributed by atoms with E-state index in [0.29, 0.717) is 0 Å². The molecular formula is C15H15BrOS. The number of carbonyl (C=O) groups is 1. The summed E-state index contributed by atoms with van der Waals surface area (Å²) in [5.41, 5.74) is 5.40. The quantitative estimate of drug-likeness (QED) is 0.713. The fraction of sp³-hybridized carbons (Fsp3) is 0.267. The number of ketones is 1. The molecule has 0 saturated heterocycles. The van der Waals surface area contributed by atoms with E-state index < -0.39 is 0 Å². The van der Waals surface area contributed by atoms with Crippen molar-refractivity contribution in [3.05, 3.63) is 54.7 Å². The molecular weight excluding hydrogens is 308 g/mol. The second-order valence-electron chi connectivity index (χ2n) is 4.57. The van der Waals surface area contributed by atoms with Crippen LogP contribution in [0, 0.1) is 27.7 Å². The molecule has 0 aliphatic heterocycles. The Labute approximate surface area is 120 Å². The summed E-state index contributed by atoms with van der Waals surface area (Å²) in [7, 11) is 0. The molecule has 0 saturated carbocycles. The molecule has 0 aliphatic rings. The molecule has 3 heteroatoms. The van der Waals surface area contributed by atoms with Gasteiger partial charge in [0.05, 0.1) is 8.66 Å². The van der Waals surface area contributed by atoms with Crippen molar-refractivity contribution in [2.24, 2.45) is 0 Å². The minimum absolute atomic E-state index is 0.132. The largest absolute Gasteiger partial charge is 0.288 e. The molecule has 2 rings (SSSR count). The fourth-order valence-corrected chi connectivity index (χ4v) is 3.45. The molecule has 1 aromatic heterocycles. The maximum Gasteiger partial charge on any atom is 0.203 e. The van der Waals surface area contributed by atoms with E-state index in [2.05, 4.69) is 35.8 Å². The van der Waals surface area contributed by atoms with E-state index in [1.54, 1.807) is 0 Å². The first kappa shape index (κ1) is 13.5. The predicted octanol–water partition coefficient (Wildman–Crippen LogP) is 4.98. The molecule has 2 aromatic rings. The smallest absolute Gasteiger partial charge is 0.203 e. The predicted molar refractivity (Wildman–Crippen MR) is 80.8 cm³/mol. The Morgan fingerprint density at radius 3 is 2.06 bits per heavy atom. The Balaban J connectivity index is 2.61. The highest BCUT2D eigenvalue weighted by atomic mass is 79.9. The summed E-state index contributed by atoms with van der Waals surface area (Å²) in [5.74, 6) is 0.132. The van der Waals surface area contributed by atoms with Crippen molar-refractivity contribution in [1.82, 2.24) is 0 Å². The zero-order valence-electron chi connectivity index (χ0n) is 10.9. The Kier molecular flexibility index (Phi) is 3.74. The minimum atomic E-state index is 0.132. The van der Waals surface area contributed by atoms with Crippen LogP contribution >= 0.6 is 27.3 Å². The number of thiophene rings is 1. The zero-order chi connectivity index (χ0) is 13.4. The van der Waals surface area contributed by atoms with Crippen LogP contribution in [0.25, 0.3) is 0 Å². The van der Waals surface area contributed by atoms with E-state index in [9.17, 15) is 4.79 Å². The number of aryl methyl sites for hydroxylation is 2. The van der Waals surface area contributed by atoms with Crippen molar-refractivity contribution in [2.75, 3.05) is 0 Å². The van der Waals surface area contributed by atoms with Gasteiger partial charge in [0.15, 0.2) is 0 Å². The molecule has 0 bridgehead atoms. The number of benzene rings is 1. The van der Waals surface area contributed by atoms with Gasteiger partial charge in [-0.15, -0.1) is 11.3 Å². The second kappa shape index (κ2) is 4.98. The summed E-state index contributed by atoms with van der Waals surface area (Å²) in [6, 6.07) is 5.95. The lowest BCUT2D eigenvalue weighted by molar-refractivity contribution is 0.104. The average molecular weight is 323 g/mol. The first-order valence-corrected chi connectivity index (χ1v) is 7.40. The number of hydrogen-bond acceptors (Lipinski definition) is 2. The molecule has 0 amide bonds. The van der Waals surface area contributed by atoms with Gasteiger partial charge in [-0.2, -0.15) is 0 Å². The molecule has 0 radical (unpaired) electrons. The Bertz CT molecular complexity index is 599. The molecule has 1 aromatic carbocycles. The van der Waals surface area contributed by atoms with Crippen molar-refractivity contribution in [1.29, 1.82) is 0 Å². The molecule has 18 heavy (non-hydrogen) atoms. The second-order valence-corrected chi connectivity index (χ2v) is 7.03. The Morgan fingerprint density at radius 1 is 1.06 bits per heavy atom. The summed E-state index contributed by atoms with van der Waals surface area (Å²) in [6.45, 7) is 8.17. The lowest BCUT2D eigenvalue weighted by Gasteiger charge is -2.13. The highest BCUT2D eigenvalue weighted by molar-refractivity contribution is 9.11. The van der Waals surface area contributed by atoms with Gasteiger partial charge >= 0.3 is 0 Å². The van der Waals surface area contributed by atoms with Crippen molar-refractivity contribution in [3.8, 4) is 0 Å². The van der Waals surface area contributed by atoms with Crippen molar-refractivity contribution in [2.45, 2.75) is 27.7 Å². The van der Waals surface area contributed by atoms with E-state index in [1.165, 1.54) is 22.5 Å². The normalized spacial score (nSPS) is 10.7. The van der Waals surface area contributed by atoms with Crippen LogP contribution < -0.4 is 0 Å². The third-order valence-electron chi connectivity index (χ3n) is 3.39. The van der Waals surface area contributed by atoms with Crippen LogP contribution in [0.15, 0.2) is 22.0 Å². The summed E-state index contributed by atoms with van der Waals surface area (Å²) in [5, 5.41) is 0. The zero-order valence-corrected chi connectivity index (χ0v) is 13.3. The van der Waals surface area contributed by atoms with Crippen molar-refractivity contribution >= 4 is 33.0 Å². The van der Waals surface area contributed by atoms with E-state index in [1.807, 2.05) is 26.0 Å². The molecule has 0 unspecified atom stereocenters. The number of halogens is 1. The van der Waals surface area contributed by atoms with Crippen LogP contribution in [-0.4, -0.2) is 5.78 Å². The van der Waals surface area contributed by atoms with E-state index in [0.717, 1.165) is 25.4 Å². The third-order valence-corrected chi connectivity index (χ3v) is 5.01. The van der Waals surface area contributed by atoms with Gasteiger partial charge < -0.3 is 0 Å². The van der Waals surface area contributed by atoms with Gasteiger partial charge in [-0.1, -0.05) is 6.07 Å². The van der Waals surface area contributed by atoms with E-state index >= 15 is 0 Å². The van der Waals surface area contributed by atoms with Gasteiger partial charge in [0, 0.05) is 5.56 Å². The lowest BCUT2D eigenvalue weighted by Crippen LogP contribution is -2.07. The summed E-state index contributed by atoms with van der Waals surface area (Å²) >= 11 is 4.89. The SMILES string of the molecule is Cc1cc(C)c(C)c(C(=O)c2ccc(Br)s2)c1C. The maximum atomic E-state index is 12.6. The summed E-state index contributed by atoms with van der Waals surface area (Å²) in [6.07, 6.45) is 0. The van der Waals surface area contributed by atoms with E-state index in [4.69, 9.17) is 0 Å². The topological polar surface area (TPSA) is 17.1 Å². The van der Waals surface area contributed by atoms with Crippen molar-refractivity contribution in [3.63, 3.8) is 0 Å². The van der Waals surface area contributed by atoms with Crippen molar-refractivity contribution < 1.29 is 4.79 Å². The van der Waals surface area contributed by atoms with Gasteiger partial charge in [0.1, 0.15) is 0 Å². The van der Waals surface area contributed by atoms with Gasteiger partial charge in [0.25, 0.3) is 0 Å².